The summed E-state index contributed by atoms with van der Waals surface area (Å²) in [4.78, 5) is 37.1. The molecule has 1 aromatic heterocycles. The van der Waals surface area contributed by atoms with E-state index in [4.69, 9.17) is 5.11 Å². The highest BCUT2D eigenvalue weighted by molar-refractivity contribution is 7.14. The number of carboxylic acid groups (broad SMARTS) is 1. The molecule has 1 rings (SSSR count). The number of hydrogen-bond acceptors (Lipinski definition) is 5. The van der Waals surface area contributed by atoms with Gasteiger partial charge in [0, 0.05) is 25.3 Å². The van der Waals surface area contributed by atoms with Gasteiger partial charge in [-0.2, -0.15) is 0 Å². The van der Waals surface area contributed by atoms with Crippen molar-refractivity contribution in [3.05, 3.63) is 11.1 Å². The molecule has 116 valence electrons. The van der Waals surface area contributed by atoms with Gasteiger partial charge in [0.05, 0.1) is 0 Å². The Kier molecular flexibility index (Phi) is 6.80. The third kappa shape index (κ3) is 6.84. The number of anilines is 1. The van der Waals surface area contributed by atoms with Crippen molar-refractivity contribution in [2.24, 2.45) is 5.92 Å². The van der Waals surface area contributed by atoms with Crippen LogP contribution in [0.1, 0.15) is 43.6 Å². The van der Waals surface area contributed by atoms with Crippen LogP contribution in [0.15, 0.2) is 5.38 Å². The van der Waals surface area contributed by atoms with Crippen LogP contribution in [0.4, 0.5) is 5.13 Å². The van der Waals surface area contributed by atoms with Crippen LogP contribution in [0.25, 0.3) is 0 Å². The SMILES string of the molecule is CC(=O)Nc1nc(C(=O)NCCC(C)CCC(=O)O)cs1. The van der Waals surface area contributed by atoms with Crippen LogP contribution < -0.4 is 10.6 Å². The fraction of sp³-hybridized carbons (Fsp3) is 0.538. The molecule has 1 heterocycles. The number of amides is 2. The predicted molar refractivity (Wildman–Crippen MR) is 79.4 cm³/mol. The fourth-order valence-electron chi connectivity index (χ4n) is 1.62. The summed E-state index contributed by atoms with van der Waals surface area (Å²) in [5, 5.41) is 15.8. The number of hydrogen-bond donors (Lipinski definition) is 3. The zero-order valence-corrected chi connectivity index (χ0v) is 12.8. The molecule has 0 fully saturated rings. The molecule has 1 aromatic rings. The molecule has 8 heteroatoms. The number of carboxylic acids is 1. The molecule has 0 aromatic carbocycles. The molecule has 0 aliphatic rings. The summed E-state index contributed by atoms with van der Waals surface area (Å²) in [7, 11) is 0. The van der Waals surface area contributed by atoms with Crippen LogP contribution in [0.2, 0.25) is 0 Å². The Balaban J connectivity index is 2.31. The topological polar surface area (TPSA) is 108 Å². The minimum absolute atomic E-state index is 0.140. The quantitative estimate of drug-likeness (QED) is 0.677. The van der Waals surface area contributed by atoms with Crippen LogP contribution in [-0.4, -0.2) is 34.4 Å². The van der Waals surface area contributed by atoms with Crippen molar-refractivity contribution in [3.63, 3.8) is 0 Å². The Hall–Kier alpha value is -1.96. The molecule has 0 bridgehead atoms. The molecule has 0 spiro atoms. The lowest BCUT2D eigenvalue weighted by molar-refractivity contribution is -0.137. The molecule has 0 radical (unpaired) electrons. The second kappa shape index (κ2) is 8.35. The van der Waals surface area contributed by atoms with Gasteiger partial charge >= 0.3 is 5.97 Å². The summed E-state index contributed by atoms with van der Waals surface area (Å²) in [5.41, 5.74) is 0.266. The van der Waals surface area contributed by atoms with E-state index in [1.165, 1.54) is 18.3 Å². The van der Waals surface area contributed by atoms with E-state index in [0.29, 0.717) is 24.5 Å². The van der Waals surface area contributed by atoms with Crippen LogP contribution in [0.3, 0.4) is 0 Å². The minimum atomic E-state index is -0.807. The molecule has 3 N–H and O–H groups in total. The van der Waals surface area contributed by atoms with Crippen molar-refractivity contribution >= 4 is 34.3 Å². The number of rotatable bonds is 8. The first kappa shape index (κ1) is 17.1. The van der Waals surface area contributed by atoms with Gasteiger partial charge in [-0.3, -0.25) is 14.4 Å². The van der Waals surface area contributed by atoms with Gasteiger partial charge in [-0.05, 0) is 18.8 Å². The van der Waals surface area contributed by atoms with E-state index in [1.807, 2.05) is 6.92 Å². The number of carbonyl (C=O) groups excluding carboxylic acids is 2. The molecular formula is C13H19N3O4S. The molecule has 0 saturated carbocycles. The lowest BCUT2D eigenvalue weighted by atomic mass is 10.0. The van der Waals surface area contributed by atoms with E-state index in [0.717, 1.165) is 0 Å². The number of aliphatic carboxylic acids is 1. The van der Waals surface area contributed by atoms with Gasteiger partial charge in [0.15, 0.2) is 5.13 Å². The Morgan fingerprint density at radius 3 is 2.71 bits per heavy atom. The lowest BCUT2D eigenvalue weighted by Gasteiger charge is -2.10. The van der Waals surface area contributed by atoms with Crippen molar-refractivity contribution in [3.8, 4) is 0 Å². The average Bonchev–Trinajstić information content (AvgIpc) is 2.84. The Morgan fingerprint density at radius 2 is 2.10 bits per heavy atom. The lowest BCUT2D eigenvalue weighted by Crippen LogP contribution is -2.26. The van der Waals surface area contributed by atoms with E-state index in [1.54, 1.807) is 5.38 Å². The molecule has 21 heavy (non-hydrogen) atoms. The highest BCUT2D eigenvalue weighted by Gasteiger charge is 2.12. The van der Waals surface area contributed by atoms with E-state index < -0.39 is 5.97 Å². The normalized spacial score (nSPS) is 11.7. The largest absolute Gasteiger partial charge is 0.481 e. The van der Waals surface area contributed by atoms with Crippen LogP contribution in [-0.2, 0) is 9.59 Å². The van der Waals surface area contributed by atoms with Gasteiger partial charge in [0.25, 0.3) is 5.91 Å². The second-order valence-electron chi connectivity index (χ2n) is 4.80. The highest BCUT2D eigenvalue weighted by Crippen LogP contribution is 2.15. The molecule has 0 saturated heterocycles. The molecule has 2 amide bonds. The molecule has 0 aliphatic carbocycles. The zero-order chi connectivity index (χ0) is 15.8. The van der Waals surface area contributed by atoms with Gasteiger partial charge in [-0.15, -0.1) is 11.3 Å². The van der Waals surface area contributed by atoms with Crippen molar-refractivity contribution in [2.75, 3.05) is 11.9 Å². The molecule has 1 unspecified atom stereocenters. The van der Waals surface area contributed by atoms with Crippen molar-refractivity contribution in [1.82, 2.24) is 10.3 Å². The number of nitrogens with one attached hydrogen (secondary N) is 2. The standard InChI is InChI=1S/C13H19N3O4S/c1-8(3-4-11(18)19)5-6-14-12(20)10-7-21-13(16-10)15-9(2)17/h7-8H,3-6H2,1-2H3,(H,14,20)(H,18,19)(H,15,16,17). The first-order valence-corrected chi connectivity index (χ1v) is 7.49. The minimum Gasteiger partial charge on any atom is -0.481 e. The van der Waals surface area contributed by atoms with Crippen LogP contribution in [0.5, 0.6) is 0 Å². The summed E-state index contributed by atoms with van der Waals surface area (Å²) in [6, 6.07) is 0. The summed E-state index contributed by atoms with van der Waals surface area (Å²) in [6.07, 6.45) is 1.44. The average molecular weight is 313 g/mol. The maximum atomic E-state index is 11.8. The number of thiazole rings is 1. The van der Waals surface area contributed by atoms with Gasteiger partial charge in [-0.1, -0.05) is 6.92 Å². The summed E-state index contributed by atoms with van der Waals surface area (Å²) >= 11 is 1.19. The maximum Gasteiger partial charge on any atom is 0.303 e. The number of carbonyl (C=O) groups is 3. The summed E-state index contributed by atoms with van der Waals surface area (Å²) < 4.78 is 0. The van der Waals surface area contributed by atoms with E-state index in [9.17, 15) is 14.4 Å². The number of nitrogens with zero attached hydrogens (tertiary/aromatic N) is 1. The number of aromatic nitrogens is 1. The third-order valence-corrected chi connectivity index (χ3v) is 3.55. The van der Waals surface area contributed by atoms with E-state index >= 15 is 0 Å². The highest BCUT2D eigenvalue weighted by atomic mass is 32.1. The van der Waals surface area contributed by atoms with Crippen LogP contribution in [0, 0.1) is 5.92 Å². The van der Waals surface area contributed by atoms with Gasteiger partial charge < -0.3 is 15.7 Å². The van der Waals surface area contributed by atoms with Crippen molar-refractivity contribution < 1.29 is 19.5 Å². The van der Waals surface area contributed by atoms with Crippen LogP contribution >= 0.6 is 11.3 Å². The zero-order valence-electron chi connectivity index (χ0n) is 12.0. The van der Waals surface area contributed by atoms with E-state index in [2.05, 4.69) is 15.6 Å². The third-order valence-electron chi connectivity index (χ3n) is 2.79. The summed E-state index contributed by atoms with van der Waals surface area (Å²) in [5.74, 6) is -1.11. The van der Waals surface area contributed by atoms with Gasteiger partial charge in [0.1, 0.15) is 5.69 Å². The first-order valence-electron chi connectivity index (χ1n) is 6.61. The molecular weight excluding hydrogens is 294 g/mol. The first-order chi connectivity index (χ1) is 9.88. The van der Waals surface area contributed by atoms with Crippen molar-refractivity contribution in [2.45, 2.75) is 33.1 Å². The summed E-state index contributed by atoms with van der Waals surface area (Å²) in [6.45, 7) is 3.79. The molecule has 0 aliphatic heterocycles. The van der Waals surface area contributed by atoms with Crippen molar-refractivity contribution in [1.29, 1.82) is 0 Å². The Bertz CT molecular complexity index is 515. The second-order valence-corrected chi connectivity index (χ2v) is 5.66. The van der Waals surface area contributed by atoms with Gasteiger partial charge in [0.2, 0.25) is 5.91 Å². The van der Waals surface area contributed by atoms with Gasteiger partial charge in [-0.25, -0.2) is 4.98 Å². The Labute approximate surface area is 126 Å². The monoisotopic (exact) mass is 313 g/mol. The smallest absolute Gasteiger partial charge is 0.303 e. The Morgan fingerprint density at radius 1 is 1.38 bits per heavy atom. The molecule has 7 nitrogen and oxygen atoms in total. The fourth-order valence-corrected chi connectivity index (χ4v) is 2.36. The molecule has 1 atom stereocenters. The van der Waals surface area contributed by atoms with E-state index in [-0.39, 0.29) is 29.8 Å². The maximum absolute atomic E-state index is 11.8. The predicted octanol–water partition coefficient (Wildman–Crippen LogP) is 1.72.